The molecule has 0 radical (unpaired) electrons. The molecule has 1 aromatic carbocycles. The molecule has 0 atom stereocenters. The van der Waals surface area contributed by atoms with Crippen LogP contribution in [0.2, 0.25) is 0 Å². The van der Waals surface area contributed by atoms with Crippen molar-refractivity contribution in [2.24, 2.45) is 0 Å². The maximum absolute atomic E-state index is 11.4. The van der Waals surface area contributed by atoms with Gasteiger partial charge in [0.1, 0.15) is 5.75 Å². The summed E-state index contributed by atoms with van der Waals surface area (Å²) in [6, 6.07) is 5.25. The van der Waals surface area contributed by atoms with Gasteiger partial charge in [-0.2, -0.15) is 0 Å². The van der Waals surface area contributed by atoms with Crippen LogP contribution < -0.4 is 0 Å². The first-order valence-corrected chi connectivity index (χ1v) is 4.97. The second kappa shape index (κ2) is 3.42. The summed E-state index contributed by atoms with van der Waals surface area (Å²) in [4.78, 5) is 11.4. The van der Waals surface area contributed by atoms with Crippen LogP contribution in [0.3, 0.4) is 0 Å². The highest BCUT2D eigenvalue weighted by Gasteiger charge is 2.13. The van der Waals surface area contributed by atoms with Crippen LogP contribution in [-0.2, 0) is 6.54 Å². The van der Waals surface area contributed by atoms with Crippen molar-refractivity contribution in [3.63, 3.8) is 0 Å². The van der Waals surface area contributed by atoms with Crippen molar-refractivity contribution in [1.29, 1.82) is 0 Å². The van der Waals surface area contributed by atoms with Crippen molar-refractivity contribution in [2.45, 2.75) is 20.4 Å². The molecule has 0 saturated carbocycles. The molecular formula is C12H13NO2. The van der Waals surface area contributed by atoms with Gasteiger partial charge < -0.3 is 9.67 Å². The normalized spacial score (nSPS) is 10.8. The lowest BCUT2D eigenvalue weighted by atomic mass is 10.1. The van der Waals surface area contributed by atoms with Gasteiger partial charge in [0.05, 0.1) is 5.52 Å². The maximum atomic E-state index is 11.4. The summed E-state index contributed by atoms with van der Waals surface area (Å²) in [5.74, 6) is 0.250. The third-order valence-electron chi connectivity index (χ3n) is 2.60. The van der Waals surface area contributed by atoms with Gasteiger partial charge in [0.25, 0.3) is 0 Å². The zero-order valence-electron chi connectivity index (χ0n) is 8.82. The van der Waals surface area contributed by atoms with E-state index in [9.17, 15) is 9.90 Å². The fraction of sp³-hybridized carbons (Fsp3) is 0.250. The summed E-state index contributed by atoms with van der Waals surface area (Å²) >= 11 is 0. The number of fused-ring (bicyclic) bond motifs is 1. The minimum atomic E-state index is 0.0257. The van der Waals surface area contributed by atoms with E-state index in [0.717, 1.165) is 17.4 Å². The topological polar surface area (TPSA) is 42.2 Å². The number of Topliss-reactive ketones (excluding diaryl/α,β-unsaturated/α-hetero) is 1. The number of rotatable bonds is 2. The summed E-state index contributed by atoms with van der Waals surface area (Å²) in [6.45, 7) is 4.26. The van der Waals surface area contributed by atoms with Crippen molar-refractivity contribution in [2.75, 3.05) is 0 Å². The molecule has 0 fully saturated rings. The second-order valence-electron chi connectivity index (χ2n) is 3.56. The Labute approximate surface area is 87.9 Å². The molecule has 3 nitrogen and oxygen atoms in total. The molecule has 0 bridgehead atoms. The van der Waals surface area contributed by atoms with Gasteiger partial charge >= 0.3 is 0 Å². The highest BCUT2D eigenvalue weighted by molar-refractivity contribution is 6.08. The monoisotopic (exact) mass is 203 g/mol. The number of phenols is 1. The molecule has 0 aliphatic heterocycles. The molecule has 15 heavy (non-hydrogen) atoms. The quantitative estimate of drug-likeness (QED) is 0.762. The molecular weight excluding hydrogens is 190 g/mol. The van der Waals surface area contributed by atoms with E-state index in [1.165, 1.54) is 0 Å². The Morgan fingerprint density at radius 1 is 1.47 bits per heavy atom. The largest absolute Gasteiger partial charge is 0.506 e. The Kier molecular flexibility index (Phi) is 2.23. The first kappa shape index (κ1) is 9.77. The number of para-hydroxylation sites is 1. The Morgan fingerprint density at radius 3 is 2.80 bits per heavy atom. The van der Waals surface area contributed by atoms with Gasteiger partial charge in [-0.3, -0.25) is 4.79 Å². The lowest BCUT2D eigenvalue weighted by Crippen LogP contribution is -1.92. The van der Waals surface area contributed by atoms with Crippen molar-refractivity contribution in [3.05, 3.63) is 30.0 Å². The molecule has 0 amide bonds. The van der Waals surface area contributed by atoms with E-state index in [0.29, 0.717) is 5.56 Å². The molecule has 2 rings (SSSR count). The van der Waals surface area contributed by atoms with Crippen LogP contribution in [0.5, 0.6) is 5.75 Å². The molecule has 1 heterocycles. The summed E-state index contributed by atoms with van der Waals surface area (Å²) < 4.78 is 1.89. The first-order valence-electron chi connectivity index (χ1n) is 4.97. The van der Waals surface area contributed by atoms with E-state index in [-0.39, 0.29) is 11.5 Å². The van der Waals surface area contributed by atoms with Crippen LogP contribution in [-0.4, -0.2) is 15.5 Å². The molecule has 1 aromatic heterocycles. The molecule has 0 spiro atoms. The highest BCUT2D eigenvalue weighted by Crippen LogP contribution is 2.29. The van der Waals surface area contributed by atoms with Crippen LogP contribution in [0, 0.1) is 0 Å². The van der Waals surface area contributed by atoms with Gasteiger partial charge in [-0.05, 0) is 19.9 Å². The minimum absolute atomic E-state index is 0.0257. The second-order valence-corrected chi connectivity index (χ2v) is 3.56. The van der Waals surface area contributed by atoms with E-state index in [4.69, 9.17) is 0 Å². The van der Waals surface area contributed by atoms with Gasteiger partial charge in [-0.25, -0.2) is 0 Å². The van der Waals surface area contributed by atoms with Crippen molar-refractivity contribution >= 4 is 16.7 Å². The van der Waals surface area contributed by atoms with E-state index in [1.54, 1.807) is 25.3 Å². The number of benzene rings is 1. The number of aromatic hydroxyl groups is 1. The number of phenolic OH excluding ortho intramolecular Hbond substituents is 1. The molecule has 0 aliphatic rings. The number of nitrogens with zero attached hydrogens (tertiary/aromatic N) is 1. The smallest absolute Gasteiger partial charge is 0.161 e. The van der Waals surface area contributed by atoms with Gasteiger partial charge in [-0.1, -0.05) is 12.1 Å². The van der Waals surface area contributed by atoms with Crippen molar-refractivity contribution in [1.82, 2.24) is 4.57 Å². The number of hydrogen-bond acceptors (Lipinski definition) is 2. The van der Waals surface area contributed by atoms with Gasteiger partial charge in [0.2, 0.25) is 0 Å². The predicted molar refractivity (Wildman–Crippen MR) is 59.3 cm³/mol. The fourth-order valence-corrected chi connectivity index (χ4v) is 1.87. The summed E-state index contributed by atoms with van der Waals surface area (Å²) in [5.41, 5.74) is 1.41. The molecule has 2 aromatic rings. The minimum Gasteiger partial charge on any atom is -0.506 e. The number of carbonyl (C=O) groups is 1. The SMILES string of the molecule is CCn1cc(C(C)=O)c2cccc(O)c21. The summed E-state index contributed by atoms with van der Waals surface area (Å²) in [7, 11) is 0. The molecule has 3 heteroatoms. The molecule has 0 saturated heterocycles. The molecule has 78 valence electrons. The summed E-state index contributed by atoms with van der Waals surface area (Å²) in [5, 5.41) is 10.6. The molecule has 1 N–H and O–H groups in total. The van der Waals surface area contributed by atoms with Gasteiger partial charge in [-0.15, -0.1) is 0 Å². The third kappa shape index (κ3) is 1.40. The Balaban J connectivity index is 2.87. The van der Waals surface area contributed by atoms with E-state index < -0.39 is 0 Å². The van der Waals surface area contributed by atoms with E-state index in [1.807, 2.05) is 17.6 Å². The zero-order chi connectivity index (χ0) is 11.0. The van der Waals surface area contributed by atoms with Crippen molar-refractivity contribution in [3.8, 4) is 5.75 Å². The van der Waals surface area contributed by atoms with Gasteiger partial charge in [0.15, 0.2) is 5.78 Å². The Hall–Kier alpha value is -1.77. The van der Waals surface area contributed by atoms with Crippen LogP contribution in [0.25, 0.3) is 10.9 Å². The van der Waals surface area contributed by atoms with E-state index >= 15 is 0 Å². The van der Waals surface area contributed by atoms with Crippen LogP contribution in [0.1, 0.15) is 24.2 Å². The Bertz CT molecular complexity index is 526. The lowest BCUT2D eigenvalue weighted by molar-refractivity contribution is 0.101. The standard InChI is InChI=1S/C12H13NO2/c1-3-13-7-10(8(2)14)9-5-4-6-11(15)12(9)13/h4-7,15H,3H2,1-2H3. The highest BCUT2D eigenvalue weighted by atomic mass is 16.3. The average Bonchev–Trinajstić information content (AvgIpc) is 2.58. The van der Waals surface area contributed by atoms with Crippen LogP contribution >= 0.6 is 0 Å². The summed E-state index contributed by atoms with van der Waals surface area (Å²) in [6.07, 6.45) is 1.80. The number of carbonyl (C=O) groups excluding carboxylic acids is 1. The van der Waals surface area contributed by atoms with Crippen LogP contribution in [0.15, 0.2) is 24.4 Å². The van der Waals surface area contributed by atoms with Gasteiger partial charge in [0, 0.05) is 23.7 Å². The van der Waals surface area contributed by atoms with Crippen LogP contribution in [0.4, 0.5) is 0 Å². The van der Waals surface area contributed by atoms with Crippen molar-refractivity contribution < 1.29 is 9.90 Å². The third-order valence-corrected chi connectivity index (χ3v) is 2.60. The molecule has 0 unspecified atom stereocenters. The number of ketones is 1. The lowest BCUT2D eigenvalue weighted by Gasteiger charge is -2.01. The zero-order valence-corrected chi connectivity index (χ0v) is 8.82. The maximum Gasteiger partial charge on any atom is 0.161 e. The Morgan fingerprint density at radius 2 is 2.20 bits per heavy atom. The fourth-order valence-electron chi connectivity index (χ4n) is 1.87. The first-order chi connectivity index (χ1) is 7.15. The number of hydrogen-bond donors (Lipinski definition) is 1. The predicted octanol–water partition coefficient (Wildman–Crippen LogP) is 2.57. The number of aromatic nitrogens is 1. The molecule has 0 aliphatic carbocycles. The van der Waals surface area contributed by atoms with E-state index in [2.05, 4.69) is 0 Å². The number of aryl methyl sites for hydroxylation is 1. The average molecular weight is 203 g/mol.